The standard InChI is InChI=1S/C18H35N3O4/c1-6-20(4)15(18(24)25)9-7-8-12-21(5)17(23)14(13(2)3)10-11-16(19)22/h13-15H,6-12H2,1-5H3,(H2,19,22)(H,24,25). The van der Waals surface area contributed by atoms with Crippen molar-refractivity contribution in [2.75, 3.05) is 27.2 Å². The van der Waals surface area contributed by atoms with Gasteiger partial charge in [0.1, 0.15) is 6.04 Å². The second kappa shape index (κ2) is 11.8. The van der Waals surface area contributed by atoms with E-state index in [2.05, 4.69) is 0 Å². The summed E-state index contributed by atoms with van der Waals surface area (Å²) in [5, 5.41) is 9.27. The summed E-state index contributed by atoms with van der Waals surface area (Å²) in [6.45, 7) is 7.14. The molecule has 7 heteroatoms. The molecule has 0 spiro atoms. The molecule has 0 fully saturated rings. The van der Waals surface area contributed by atoms with Crippen LogP contribution in [0.25, 0.3) is 0 Å². The number of hydrogen-bond donors (Lipinski definition) is 2. The Bertz CT molecular complexity index is 440. The maximum atomic E-state index is 12.6. The maximum Gasteiger partial charge on any atom is 0.320 e. The van der Waals surface area contributed by atoms with Gasteiger partial charge in [-0.05, 0) is 45.2 Å². The molecule has 0 saturated carbocycles. The van der Waals surface area contributed by atoms with Gasteiger partial charge in [-0.1, -0.05) is 20.8 Å². The smallest absolute Gasteiger partial charge is 0.320 e. The summed E-state index contributed by atoms with van der Waals surface area (Å²) >= 11 is 0. The van der Waals surface area contributed by atoms with Gasteiger partial charge in [-0.2, -0.15) is 0 Å². The Morgan fingerprint density at radius 1 is 1.08 bits per heavy atom. The van der Waals surface area contributed by atoms with Crippen LogP contribution >= 0.6 is 0 Å². The van der Waals surface area contributed by atoms with Gasteiger partial charge >= 0.3 is 5.97 Å². The number of unbranched alkanes of at least 4 members (excludes halogenated alkanes) is 1. The number of carboxylic acid groups (broad SMARTS) is 1. The minimum atomic E-state index is -0.805. The molecule has 25 heavy (non-hydrogen) atoms. The predicted octanol–water partition coefficient (Wildman–Crippen LogP) is 1.56. The fraction of sp³-hybridized carbons (Fsp3) is 0.833. The molecule has 0 aromatic rings. The molecule has 0 aromatic heterocycles. The van der Waals surface area contributed by atoms with Crippen LogP contribution in [0.4, 0.5) is 0 Å². The number of hydrogen-bond acceptors (Lipinski definition) is 4. The molecule has 0 aliphatic heterocycles. The highest BCUT2D eigenvalue weighted by Gasteiger charge is 2.26. The van der Waals surface area contributed by atoms with Gasteiger partial charge in [0.05, 0.1) is 0 Å². The predicted molar refractivity (Wildman–Crippen MR) is 98.0 cm³/mol. The number of rotatable bonds is 13. The van der Waals surface area contributed by atoms with Crippen molar-refractivity contribution in [2.24, 2.45) is 17.6 Å². The van der Waals surface area contributed by atoms with Crippen molar-refractivity contribution in [1.29, 1.82) is 0 Å². The lowest BCUT2D eigenvalue weighted by molar-refractivity contribution is -0.143. The quantitative estimate of drug-likeness (QED) is 0.487. The summed E-state index contributed by atoms with van der Waals surface area (Å²) in [6, 6.07) is -0.481. The van der Waals surface area contributed by atoms with Gasteiger partial charge in [0.15, 0.2) is 0 Å². The van der Waals surface area contributed by atoms with E-state index in [1.165, 1.54) is 0 Å². The van der Waals surface area contributed by atoms with Crippen LogP contribution in [0.5, 0.6) is 0 Å². The molecule has 2 amide bonds. The summed E-state index contributed by atoms with van der Waals surface area (Å²) in [5.74, 6) is -1.24. The molecule has 2 atom stereocenters. The van der Waals surface area contributed by atoms with E-state index < -0.39 is 12.0 Å². The van der Waals surface area contributed by atoms with Crippen LogP contribution in [-0.4, -0.2) is 65.9 Å². The number of carbonyl (C=O) groups excluding carboxylic acids is 2. The topological polar surface area (TPSA) is 104 Å². The monoisotopic (exact) mass is 357 g/mol. The number of amides is 2. The third-order valence-electron chi connectivity index (χ3n) is 4.74. The zero-order chi connectivity index (χ0) is 19.6. The van der Waals surface area contributed by atoms with E-state index in [-0.39, 0.29) is 30.1 Å². The summed E-state index contributed by atoms with van der Waals surface area (Å²) in [7, 11) is 3.56. The van der Waals surface area contributed by atoms with Crippen LogP contribution in [0.15, 0.2) is 0 Å². The minimum absolute atomic E-state index is 0.0247. The molecule has 0 saturated heterocycles. The van der Waals surface area contributed by atoms with E-state index in [0.29, 0.717) is 25.9 Å². The van der Waals surface area contributed by atoms with Gasteiger partial charge in [-0.3, -0.25) is 19.3 Å². The summed E-state index contributed by atoms with van der Waals surface area (Å²) in [6.07, 6.45) is 2.75. The van der Waals surface area contributed by atoms with Crippen LogP contribution in [0.1, 0.15) is 52.9 Å². The number of carboxylic acids is 1. The molecule has 3 N–H and O–H groups in total. The van der Waals surface area contributed by atoms with Crippen molar-refractivity contribution in [2.45, 2.75) is 58.9 Å². The Balaban J connectivity index is 4.42. The molecule has 0 aliphatic carbocycles. The van der Waals surface area contributed by atoms with E-state index in [1.807, 2.05) is 25.7 Å². The highest BCUT2D eigenvalue weighted by atomic mass is 16.4. The van der Waals surface area contributed by atoms with Crippen molar-refractivity contribution in [3.05, 3.63) is 0 Å². The van der Waals surface area contributed by atoms with Crippen LogP contribution in [0.3, 0.4) is 0 Å². The third-order valence-corrected chi connectivity index (χ3v) is 4.74. The Hall–Kier alpha value is -1.63. The lowest BCUT2D eigenvalue weighted by atomic mass is 9.89. The van der Waals surface area contributed by atoms with Crippen molar-refractivity contribution in [1.82, 2.24) is 9.80 Å². The first kappa shape index (κ1) is 23.4. The molecule has 0 aliphatic rings. The summed E-state index contributed by atoms with van der Waals surface area (Å²) in [4.78, 5) is 38.3. The van der Waals surface area contributed by atoms with E-state index in [0.717, 1.165) is 12.8 Å². The first-order valence-corrected chi connectivity index (χ1v) is 9.08. The normalized spacial score (nSPS) is 13.7. The number of carbonyl (C=O) groups is 3. The Kier molecular flexibility index (Phi) is 11.1. The van der Waals surface area contributed by atoms with Gasteiger partial charge < -0.3 is 15.7 Å². The zero-order valence-corrected chi connectivity index (χ0v) is 16.3. The number of likely N-dealkylation sites (N-methyl/N-ethyl adjacent to an activating group) is 1. The number of nitrogens with two attached hydrogens (primary N) is 1. The van der Waals surface area contributed by atoms with Crippen LogP contribution < -0.4 is 5.73 Å². The molecular weight excluding hydrogens is 322 g/mol. The minimum Gasteiger partial charge on any atom is -0.480 e. The Morgan fingerprint density at radius 3 is 2.12 bits per heavy atom. The van der Waals surface area contributed by atoms with Crippen molar-refractivity contribution < 1.29 is 19.5 Å². The first-order valence-electron chi connectivity index (χ1n) is 9.08. The number of primary amides is 1. The van der Waals surface area contributed by atoms with Gasteiger partial charge in [0.25, 0.3) is 0 Å². The first-order chi connectivity index (χ1) is 11.6. The van der Waals surface area contributed by atoms with Crippen LogP contribution in [-0.2, 0) is 14.4 Å². The number of aliphatic carboxylic acids is 1. The summed E-state index contributed by atoms with van der Waals surface area (Å²) < 4.78 is 0. The zero-order valence-electron chi connectivity index (χ0n) is 16.3. The lowest BCUT2D eigenvalue weighted by Gasteiger charge is -2.27. The second-order valence-electron chi connectivity index (χ2n) is 7.04. The lowest BCUT2D eigenvalue weighted by Crippen LogP contribution is -2.39. The molecule has 7 nitrogen and oxygen atoms in total. The Labute approximate surface area is 151 Å². The maximum absolute atomic E-state index is 12.6. The average molecular weight is 357 g/mol. The van der Waals surface area contributed by atoms with E-state index in [9.17, 15) is 19.5 Å². The van der Waals surface area contributed by atoms with Crippen molar-refractivity contribution in [3.8, 4) is 0 Å². The summed E-state index contributed by atoms with van der Waals surface area (Å²) in [5.41, 5.74) is 5.19. The molecule has 0 bridgehead atoms. The van der Waals surface area contributed by atoms with Gasteiger partial charge in [0.2, 0.25) is 11.8 Å². The van der Waals surface area contributed by atoms with Gasteiger partial charge in [-0.25, -0.2) is 0 Å². The largest absolute Gasteiger partial charge is 0.480 e. The highest BCUT2D eigenvalue weighted by Crippen LogP contribution is 2.20. The molecule has 0 rings (SSSR count). The van der Waals surface area contributed by atoms with E-state index in [4.69, 9.17) is 5.73 Å². The van der Waals surface area contributed by atoms with Crippen LogP contribution in [0, 0.1) is 11.8 Å². The molecule has 146 valence electrons. The van der Waals surface area contributed by atoms with Crippen molar-refractivity contribution in [3.63, 3.8) is 0 Å². The molecule has 0 aromatic carbocycles. The molecule has 0 radical (unpaired) electrons. The molecule has 2 unspecified atom stereocenters. The molecular formula is C18H35N3O4. The SMILES string of the molecule is CCN(C)C(CCCCN(C)C(=O)C(CCC(N)=O)C(C)C)C(=O)O. The highest BCUT2D eigenvalue weighted by molar-refractivity contribution is 5.80. The Morgan fingerprint density at radius 2 is 1.68 bits per heavy atom. The molecule has 0 heterocycles. The van der Waals surface area contributed by atoms with Gasteiger partial charge in [0, 0.05) is 25.9 Å². The third kappa shape index (κ3) is 8.86. The average Bonchev–Trinajstić information content (AvgIpc) is 2.52. The van der Waals surface area contributed by atoms with E-state index in [1.54, 1.807) is 19.0 Å². The second-order valence-corrected chi connectivity index (χ2v) is 7.04. The number of nitrogens with zero attached hydrogens (tertiary/aromatic N) is 2. The van der Waals surface area contributed by atoms with Crippen LogP contribution in [0.2, 0.25) is 0 Å². The van der Waals surface area contributed by atoms with Gasteiger partial charge in [-0.15, -0.1) is 0 Å². The van der Waals surface area contributed by atoms with Crippen molar-refractivity contribution >= 4 is 17.8 Å². The fourth-order valence-corrected chi connectivity index (χ4v) is 2.87. The fourth-order valence-electron chi connectivity index (χ4n) is 2.87. The van der Waals surface area contributed by atoms with E-state index >= 15 is 0 Å².